The highest BCUT2D eigenvalue weighted by atomic mass is 35.5. The summed E-state index contributed by atoms with van der Waals surface area (Å²) in [5.74, 6) is 1.90. The quantitative estimate of drug-likeness (QED) is 0.551. The number of aryl methyl sites for hydroxylation is 1. The van der Waals surface area contributed by atoms with Crippen LogP contribution < -0.4 is 14.2 Å². The van der Waals surface area contributed by atoms with Crippen molar-refractivity contribution in [3.63, 3.8) is 0 Å². The normalized spacial score (nSPS) is 14.6. The van der Waals surface area contributed by atoms with Crippen LogP contribution in [0.3, 0.4) is 0 Å². The minimum Gasteiger partial charge on any atom is -0.508 e. The first-order valence-corrected chi connectivity index (χ1v) is 10.7. The molecule has 0 aromatic heterocycles. The third-order valence-corrected chi connectivity index (χ3v) is 5.67. The summed E-state index contributed by atoms with van der Waals surface area (Å²) in [7, 11) is 3.18. The summed E-state index contributed by atoms with van der Waals surface area (Å²) in [6.07, 6.45) is 3.90. The highest BCUT2D eigenvalue weighted by Gasteiger charge is 2.24. The molecule has 2 aromatic rings. The second-order valence-electron chi connectivity index (χ2n) is 7.65. The molecule has 1 aliphatic rings. The number of aromatic hydroxyl groups is 1. The highest BCUT2D eigenvalue weighted by molar-refractivity contribution is 5.85. The first-order valence-electron chi connectivity index (χ1n) is 10.7. The van der Waals surface area contributed by atoms with Gasteiger partial charge in [-0.15, -0.1) is 12.4 Å². The van der Waals surface area contributed by atoms with Crippen LogP contribution >= 0.6 is 12.4 Å². The van der Waals surface area contributed by atoms with Gasteiger partial charge in [-0.3, -0.25) is 4.90 Å². The molecule has 1 fully saturated rings. The van der Waals surface area contributed by atoms with Crippen molar-refractivity contribution in [2.24, 2.45) is 0 Å². The predicted octanol–water partition coefficient (Wildman–Crippen LogP) is 3.54. The highest BCUT2D eigenvalue weighted by Crippen LogP contribution is 2.42. The van der Waals surface area contributed by atoms with Crippen LogP contribution in [0, 0.1) is 0 Å². The molecule has 1 unspecified atom stereocenters. The number of nitrogens with zero attached hydrogens (tertiary/aromatic N) is 1. The van der Waals surface area contributed by atoms with Crippen molar-refractivity contribution >= 4 is 12.4 Å². The minimum atomic E-state index is -0.820. The number of aliphatic hydroxyl groups is 1. The van der Waals surface area contributed by atoms with Gasteiger partial charge in [0.2, 0.25) is 0 Å². The van der Waals surface area contributed by atoms with Gasteiger partial charge in [-0.05, 0) is 62.5 Å². The van der Waals surface area contributed by atoms with Gasteiger partial charge < -0.3 is 29.9 Å². The van der Waals surface area contributed by atoms with Gasteiger partial charge in [0.15, 0.2) is 11.5 Å². The van der Waals surface area contributed by atoms with Crippen molar-refractivity contribution in [1.29, 1.82) is 0 Å². The zero-order valence-electron chi connectivity index (χ0n) is 18.9. The number of methoxy groups -OCH3 is 2. The molecule has 0 spiro atoms. The Morgan fingerprint density at radius 1 is 0.969 bits per heavy atom. The van der Waals surface area contributed by atoms with E-state index in [0.29, 0.717) is 42.3 Å². The molecule has 0 saturated carbocycles. The topological polar surface area (TPSA) is 103 Å². The second-order valence-corrected chi connectivity index (χ2v) is 7.65. The summed E-state index contributed by atoms with van der Waals surface area (Å²) < 4.78 is 17.2. The lowest BCUT2D eigenvalue weighted by Gasteiger charge is -2.27. The van der Waals surface area contributed by atoms with Gasteiger partial charge >= 0.3 is 0 Å². The lowest BCUT2D eigenvalue weighted by Crippen LogP contribution is -2.33. The van der Waals surface area contributed by atoms with Gasteiger partial charge in [0.25, 0.3) is 0 Å². The maximum atomic E-state index is 11.0. The lowest BCUT2D eigenvalue weighted by atomic mass is 9.98. The van der Waals surface area contributed by atoms with E-state index in [2.05, 4.69) is 4.90 Å². The Hall–Kier alpha value is -2.19. The molecule has 2 aromatic carbocycles. The van der Waals surface area contributed by atoms with Gasteiger partial charge in [0.05, 0.1) is 25.9 Å². The van der Waals surface area contributed by atoms with Crippen molar-refractivity contribution < 1.29 is 29.9 Å². The molecule has 1 aliphatic heterocycles. The van der Waals surface area contributed by atoms with Crippen molar-refractivity contribution in [1.82, 2.24) is 4.90 Å². The van der Waals surface area contributed by atoms with Crippen LogP contribution in [0.1, 0.15) is 42.9 Å². The van der Waals surface area contributed by atoms with Crippen LogP contribution in [-0.4, -0.2) is 61.0 Å². The van der Waals surface area contributed by atoms with E-state index < -0.39 is 6.10 Å². The molecule has 0 amide bonds. The summed E-state index contributed by atoms with van der Waals surface area (Å²) in [5.41, 5.74) is 1.39. The number of rotatable bonds is 10. The molecule has 7 nitrogen and oxygen atoms in total. The van der Waals surface area contributed by atoms with Crippen molar-refractivity contribution in [3.8, 4) is 23.0 Å². The summed E-state index contributed by atoms with van der Waals surface area (Å²) in [5, 5.41) is 21.0. The molecule has 3 rings (SSSR count). The fourth-order valence-electron chi connectivity index (χ4n) is 3.98. The van der Waals surface area contributed by atoms with Crippen molar-refractivity contribution in [2.75, 3.05) is 40.5 Å². The fraction of sp³-hybridized carbons (Fsp3) is 0.500. The van der Waals surface area contributed by atoms with Crippen LogP contribution in [0.5, 0.6) is 23.0 Å². The average molecular weight is 470 g/mol. The molecule has 4 N–H and O–H groups in total. The van der Waals surface area contributed by atoms with E-state index in [4.69, 9.17) is 14.2 Å². The van der Waals surface area contributed by atoms with Crippen LogP contribution in [-0.2, 0) is 6.42 Å². The van der Waals surface area contributed by atoms with Crippen LogP contribution in [0.4, 0.5) is 0 Å². The van der Waals surface area contributed by atoms with Gasteiger partial charge in [-0.2, -0.15) is 0 Å². The molecule has 32 heavy (non-hydrogen) atoms. The molecule has 0 aliphatic carbocycles. The summed E-state index contributed by atoms with van der Waals surface area (Å²) in [6.45, 7) is 3.57. The van der Waals surface area contributed by atoms with Crippen LogP contribution in [0.15, 0.2) is 36.4 Å². The van der Waals surface area contributed by atoms with E-state index in [1.54, 1.807) is 38.5 Å². The number of phenolic OH excluding ortho intramolecular Hbond substituents is 1. The number of likely N-dealkylation sites (tertiary alicyclic amines) is 1. The zero-order valence-corrected chi connectivity index (χ0v) is 19.7. The fourth-order valence-corrected chi connectivity index (χ4v) is 3.98. The van der Waals surface area contributed by atoms with Crippen molar-refractivity contribution in [2.45, 2.75) is 38.2 Å². The van der Waals surface area contributed by atoms with E-state index in [0.717, 1.165) is 25.2 Å². The van der Waals surface area contributed by atoms with E-state index in [1.807, 2.05) is 12.1 Å². The Kier molecular flexibility index (Phi) is 12.2. The molecular weight excluding hydrogens is 434 g/mol. The van der Waals surface area contributed by atoms with E-state index in [9.17, 15) is 10.2 Å². The Balaban J connectivity index is 0.00000256. The van der Waals surface area contributed by atoms with Gasteiger partial charge in [0, 0.05) is 6.54 Å². The number of halogens is 1. The van der Waals surface area contributed by atoms with Crippen LogP contribution in [0.2, 0.25) is 0 Å². The Labute approximate surface area is 196 Å². The molecule has 180 valence electrons. The molecule has 8 heteroatoms. The smallest absolute Gasteiger partial charge is 0.170 e. The molecule has 0 radical (unpaired) electrons. The molecule has 0 bridgehead atoms. The molecule has 1 saturated heterocycles. The monoisotopic (exact) mass is 469 g/mol. The predicted molar refractivity (Wildman–Crippen MR) is 128 cm³/mol. The maximum Gasteiger partial charge on any atom is 0.170 e. The summed E-state index contributed by atoms with van der Waals surface area (Å²) >= 11 is 0. The summed E-state index contributed by atoms with van der Waals surface area (Å²) in [4.78, 5) is 2.41. The largest absolute Gasteiger partial charge is 0.508 e. The Bertz CT molecular complexity index is 813. The number of hydrogen-bond donors (Lipinski definition) is 2. The van der Waals surface area contributed by atoms with Gasteiger partial charge in [-0.1, -0.05) is 24.6 Å². The number of para-hydroxylation sites is 1. The first kappa shape index (κ1) is 27.8. The first-order chi connectivity index (χ1) is 14.6. The lowest BCUT2D eigenvalue weighted by molar-refractivity contribution is 0.148. The minimum absolute atomic E-state index is 0. The van der Waals surface area contributed by atoms with Gasteiger partial charge in [-0.25, -0.2) is 0 Å². The molecular formula is C24H36ClNO6. The van der Waals surface area contributed by atoms with Gasteiger partial charge in [0.1, 0.15) is 18.1 Å². The Morgan fingerprint density at radius 2 is 1.62 bits per heavy atom. The van der Waals surface area contributed by atoms with E-state index in [-0.39, 0.29) is 23.6 Å². The third-order valence-electron chi connectivity index (χ3n) is 5.67. The van der Waals surface area contributed by atoms with Crippen LogP contribution in [0.25, 0.3) is 0 Å². The average Bonchev–Trinajstić information content (AvgIpc) is 2.78. The van der Waals surface area contributed by atoms with Crippen molar-refractivity contribution in [3.05, 3.63) is 47.5 Å². The summed E-state index contributed by atoms with van der Waals surface area (Å²) in [6, 6.07) is 10.8. The third kappa shape index (κ3) is 7.17. The molecule has 1 atom stereocenters. The zero-order chi connectivity index (χ0) is 21.3. The van der Waals surface area contributed by atoms with E-state index >= 15 is 0 Å². The maximum absolute atomic E-state index is 11.0. The number of hydrogen-bond acceptors (Lipinski definition) is 6. The Morgan fingerprint density at radius 3 is 2.28 bits per heavy atom. The second kappa shape index (κ2) is 14.1. The number of benzene rings is 2. The SMILES string of the molecule is COc1ccc(OC)c(C(O)CCc2ccccc2O)c1OCCN1CCCCC1.Cl.O. The molecule has 1 heterocycles. The number of ether oxygens (including phenoxy) is 3. The number of aliphatic hydroxyl groups excluding tert-OH is 1. The van der Waals surface area contributed by atoms with E-state index in [1.165, 1.54) is 19.3 Å². The standard InChI is InChI=1S/C24H33NO5.ClH.H2O/c1-28-21-12-13-22(29-2)24(30-17-16-25-14-6-3-7-15-25)23(21)20(27)11-10-18-8-4-5-9-19(18)26;;/h4-5,8-9,12-13,20,26-27H,3,6-7,10-11,14-17H2,1-2H3;1H;1H2. The number of phenols is 1. The number of piperidine rings is 1.